The van der Waals surface area contributed by atoms with Crippen molar-refractivity contribution in [2.75, 3.05) is 7.11 Å². The number of methoxy groups -OCH3 is 1. The first kappa shape index (κ1) is 18.1. The number of hydrogen-bond donors (Lipinski definition) is 1. The summed E-state index contributed by atoms with van der Waals surface area (Å²) in [5.74, 6) is 0.518. The molecule has 2 aromatic rings. The van der Waals surface area contributed by atoms with Gasteiger partial charge in [-0.25, -0.2) is 0 Å². The number of rotatable bonds is 6. The Labute approximate surface area is 153 Å². The van der Waals surface area contributed by atoms with Gasteiger partial charge in [-0.1, -0.05) is 49.4 Å². The maximum absolute atomic E-state index is 12.8. The molecule has 0 saturated carbocycles. The highest BCUT2D eigenvalue weighted by atomic mass is 16.5. The van der Waals surface area contributed by atoms with E-state index in [1.165, 1.54) is 5.01 Å². The zero-order valence-electron chi connectivity index (χ0n) is 15.2. The topological polar surface area (TPSA) is 62.1 Å². The Morgan fingerprint density at radius 3 is 2.50 bits per heavy atom. The van der Waals surface area contributed by atoms with Gasteiger partial charge in [-0.15, -0.1) is 0 Å². The smallest absolute Gasteiger partial charge is 0.245 e. The van der Waals surface area contributed by atoms with Crippen molar-refractivity contribution in [2.24, 2.45) is 5.10 Å². The second-order valence-corrected chi connectivity index (χ2v) is 6.43. The Morgan fingerprint density at radius 2 is 1.88 bits per heavy atom. The van der Waals surface area contributed by atoms with Gasteiger partial charge < -0.3 is 9.84 Å². The lowest BCUT2D eigenvalue weighted by Gasteiger charge is -2.31. The number of aryl methyl sites for hydroxylation is 1. The van der Waals surface area contributed by atoms with Crippen LogP contribution in [0.2, 0.25) is 0 Å². The Balaban J connectivity index is 1.81. The number of aliphatic hydroxyl groups is 1. The minimum atomic E-state index is -1.44. The van der Waals surface area contributed by atoms with Crippen LogP contribution in [-0.4, -0.2) is 28.8 Å². The molecule has 0 spiro atoms. The third kappa shape index (κ3) is 3.63. The molecule has 1 aliphatic rings. The van der Waals surface area contributed by atoms with Gasteiger partial charge in [0.25, 0.3) is 0 Å². The first-order valence-corrected chi connectivity index (χ1v) is 8.87. The first-order valence-electron chi connectivity index (χ1n) is 8.87. The van der Waals surface area contributed by atoms with E-state index in [-0.39, 0.29) is 5.91 Å². The Morgan fingerprint density at radius 1 is 1.19 bits per heavy atom. The van der Waals surface area contributed by atoms with Crippen LogP contribution in [0.25, 0.3) is 0 Å². The molecular weight excluding hydrogens is 328 g/mol. The zero-order chi connectivity index (χ0) is 18.6. The van der Waals surface area contributed by atoms with Crippen LogP contribution in [0.1, 0.15) is 37.3 Å². The number of nitrogens with zero attached hydrogens (tertiary/aromatic N) is 2. The van der Waals surface area contributed by atoms with Crippen LogP contribution in [0, 0.1) is 0 Å². The maximum Gasteiger partial charge on any atom is 0.245 e. The monoisotopic (exact) mass is 352 g/mol. The fraction of sp³-hybridized carbons (Fsp3) is 0.333. The highest BCUT2D eigenvalue weighted by Gasteiger charge is 2.45. The van der Waals surface area contributed by atoms with Crippen molar-refractivity contribution in [1.82, 2.24) is 5.01 Å². The number of benzene rings is 2. The van der Waals surface area contributed by atoms with Crippen LogP contribution in [-0.2, 0) is 16.9 Å². The Kier molecular flexibility index (Phi) is 5.38. The fourth-order valence-electron chi connectivity index (χ4n) is 3.16. The van der Waals surface area contributed by atoms with Gasteiger partial charge in [0.1, 0.15) is 5.75 Å². The van der Waals surface area contributed by atoms with E-state index in [4.69, 9.17) is 4.74 Å². The molecule has 3 rings (SSSR count). The second-order valence-electron chi connectivity index (χ2n) is 6.43. The number of ether oxygens (including phenoxy) is 1. The molecule has 5 heteroatoms. The van der Waals surface area contributed by atoms with Gasteiger partial charge in [0.05, 0.1) is 7.11 Å². The lowest BCUT2D eigenvalue weighted by atomic mass is 9.96. The summed E-state index contributed by atoms with van der Waals surface area (Å²) in [6.45, 7) is 1.98. The summed E-state index contributed by atoms with van der Waals surface area (Å²) in [4.78, 5) is 12.8. The van der Waals surface area contributed by atoms with Crippen molar-refractivity contribution in [3.05, 3.63) is 65.7 Å². The van der Waals surface area contributed by atoms with Crippen molar-refractivity contribution < 1.29 is 14.6 Å². The molecule has 2 aromatic carbocycles. The molecule has 1 aliphatic heterocycles. The minimum Gasteiger partial charge on any atom is -0.497 e. The molecule has 0 aromatic heterocycles. The van der Waals surface area contributed by atoms with E-state index in [9.17, 15) is 9.90 Å². The van der Waals surface area contributed by atoms with Gasteiger partial charge in [-0.3, -0.25) is 4.79 Å². The molecule has 0 radical (unpaired) electrons. The summed E-state index contributed by atoms with van der Waals surface area (Å²) in [7, 11) is 1.59. The first-order chi connectivity index (χ1) is 12.6. The van der Waals surface area contributed by atoms with Crippen LogP contribution in [0.4, 0.5) is 0 Å². The highest BCUT2D eigenvalue weighted by Crippen LogP contribution is 2.37. The van der Waals surface area contributed by atoms with Crippen molar-refractivity contribution in [3.63, 3.8) is 0 Å². The molecule has 0 aliphatic carbocycles. The van der Waals surface area contributed by atoms with Crippen LogP contribution < -0.4 is 4.74 Å². The van der Waals surface area contributed by atoms with E-state index < -0.39 is 5.72 Å². The molecule has 5 nitrogen and oxygen atoms in total. The third-order valence-corrected chi connectivity index (χ3v) is 4.71. The van der Waals surface area contributed by atoms with Gasteiger partial charge in [-0.05, 0) is 30.5 Å². The van der Waals surface area contributed by atoms with Gasteiger partial charge in [-0.2, -0.15) is 10.1 Å². The van der Waals surface area contributed by atoms with E-state index in [0.717, 1.165) is 11.3 Å². The summed E-state index contributed by atoms with van der Waals surface area (Å²) in [5.41, 5.74) is 1.11. The Bertz CT molecular complexity index is 787. The van der Waals surface area contributed by atoms with Crippen LogP contribution in [0.3, 0.4) is 0 Å². The van der Waals surface area contributed by atoms with Crippen LogP contribution >= 0.6 is 0 Å². The molecule has 0 saturated heterocycles. The van der Waals surface area contributed by atoms with E-state index in [1.807, 2.05) is 37.3 Å². The quantitative estimate of drug-likeness (QED) is 0.866. The number of amides is 1. The van der Waals surface area contributed by atoms with E-state index in [1.54, 1.807) is 31.4 Å². The predicted molar refractivity (Wildman–Crippen MR) is 101 cm³/mol. The predicted octanol–water partition coefficient (Wildman–Crippen LogP) is 3.47. The van der Waals surface area contributed by atoms with Gasteiger partial charge in [0.2, 0.25) is 5.91 Å². The standard InChI is InChI=1S/C21H24N2O3/c1-3-18-15-21(25,17-10-12-19(26-2)13-11-17)23(22-18)20(24)14-9-16-7-5-4-6-8-16/h4-8,10-13,25H,3,9,14-15H2,1-2H3. The number of hydrogen-bond acceptors (Lipinski definition) is 4. The molecule has 1 heterocycles. The summed E-state index contributed by atoms with van der Waals surface area (Å²) < 4.78 is 5.18. The molecule has 1 N–H and O–H groups in total. The molecule has 0 bridgehead atoms. The van der Waals surface area contributed by atoms with Crippen molar-refractivity contribution in [2.45, 2.75) is 38.3 Å². The van der Waals surface area contributed by atoms with Crippen LogP contribution in [0.15, 0.2) is 59.7 Å². The van der Waals surface area contributed by atoms with Gasteiger partial charge in [0, 0.05) is 24.1 Å². The molecule has 26 heavy (non-hydrogen) atoms. The second kappa shape index (κ2) is 7.70. The van der Waals surface area contributed by atoms with E-state index >= 15 is 0 Å². The van der Waals surface area contributed by atoms with Crippen LogP contribution in [0.5, 0.6) is 5.75 Å². The summed E-state index contributed by atoms with van der Waals surface area (Å²) >= 11 is 0. The fourth-order valence-corrected chi connectivity index (χ4v) is 3.16. The molecule has 1 atom stereocenters. The summed E-state index contributed by atoms with van der Waals surface area (Å²) in [6, 6.07) is 17.0. The van der Waals surface area contributed by atoms with Crippen molar-refractivity contribution in [3.8, 4) is 5.75 Å². The van der Waals surface area contributed by atoms with E-state index in [2.05, 4.69) is 5.10 Å². The van der Waals surface area contributed by atoms with Crippen molar-refractivity contribution >= 4 is 11.6 Å². The number of carbonyl (C=O) groups excluding carboxylic acids is 1. The summed E-state index contributed by atoms with van der Waals surface area (Å²) in [5, 5.41) is 17.0. The minimum absolute atomic E-state index is 0.185. The summed E-state index contributed by atoms with van der Waals surface area (Å²) in [6.07, 6.45) is 1.93. The molecule has 1 unspecified atom stereocenters. The lowest BCUT2D eigenvalue weighted by Crippen LogP contribution is -2.43. The molecular formula is C21H24N2O3. The average Bonchev–Trinajstić information content (AvgIpc) is 3.05. The number of hydrazone groups is 1. The normalized spacial score (nSPS) is 19.3. The maximum atomic E-state index is 12.8. The van der Waals surface area contributed by atoms with Crippen molar-refractivity contribution in [1.29, 1.82) is 0 Å². The van der Waals surface area contributed by atoms with Gasteiger partial charge in [0.15, 0.2) is 5.72 Å². The lowest BCUT2D eigenvalue weighted by molar-refractivity contribution is -0.157. The number of carbonyl (C=O) groups is 1. The largest absolute Gasteiger partial charge is 0.497 e. The zero-order valence-corrected chi connectivity index (χ0v) is 15.2. The highest BCUT2D eigenvalue weighted by molar-refractivity contribution is 5.90. The molecule has 0 fully saturated rings. The molecule has 136 valence electrons. The molecule has 1 amide bonds. The van der Waals surface area contributed by atoms with E-state index in [0.29, 0.717) is 37.0 Å². The third-order valence-electron chi connectivity index (χ3n) is 4.71. The average molecular weight is 352 g/mol. The SMILES string of the molecule is CCC1=NN(C(=O)CCc2ccccc2)C(O)(c2ccc(OC)cc2)C1. The van der Waals surface area contributed by atoms with Gasteiger partial charge >= 0.3 is 0 Å². The Hall–Kier alpha value is -2.66.